The molecule has 1 rings (SSSR count). The summed E-state index contributed by atoms with van der Waals surface area (Å²) in [5.74, 6) is 1.23. The molecular formula is C12H24N2O. The molecular weight excluding hydrogens is 188 g/mol. The van der Waals surface area contributed by atoms with Gasteiger partial charge < -0.3 is 10.6 Å². The van der Waals surface area contributed by atoms with E-state index in [1.165, 1.54) is 6.42 Å². The van der Waals surface area contributed by atoms with Gasteiger partial charge in [0.2, 0.25) is 5.91 Å². The lowest BCUT2D eigenvalue weighted by atomic mass is 9.85. The summed E-state index contributed by atoms with van der Waals surface area (Å²) in [5, 5.41) is 0. The molecule has 3 unspecified atom stereocenters. The predicted molar refractivity (Wildman–Crippen MR) is 62.4 cm³/mol. The molecule has 0 aromatic heterocycles. The summed E-state index contributed by atoms with van der Waals surface area (Å²) in [6, 6.07) is 0.316. The SMILES string of the molecule is CC1CC(C)C(C)N(C(=O)C(C)(C)N)C1. The van der Waals surface area contributed by atoms with Crippen LogP contribution in [0.5, 0.6) is 0 Å². The standard InChI is InChI=1S/C12H24N2O/c1-8-6-9(2)10(3)14(7-8)11(15)12(4,5)13/h8-10H,6-7,13H2,1-5H3. The lowest BCUT2D eigenvalue weighted by Crippen LogP contribution is -2.58. The van der Waals surface area contributed by atoms with Crippen molar-refractivity contribution in [2.75, 3.05) is 6.54 Å². The quantitative estimate of drug-likeness (QED) is 0.718. The monoisotopic (exact) mass is 212 g/mol. The first-order valence-corrected chi connectivity index (χ1v) is 5.83. The Morgan fingerprint density at radius 3 is 2.33 bits per heavy atom. The molecule has 0 aliphatic carbocycles. The lowest BCUT2D eigenvalue weighted by Gasteiger charge is -2.43. The van der Waals surface area contributed by atoms with Gasteiger partial charge in [0.1, 0.15) is 0 Å². The summed E-state index contributed by atoms with van der Waals surface area (Å²) in [6.07, 6.45) is 1.20. The summed E-state index contributed by atoms with van der Waals surface area (Å²) in [7, 11) is 0. The molecule has 1 heterocycles. The number of piperidine rings is 1. The molecule has 1 aliphatic rings. The topological polar surface area (TPSA) is 46.3 Å². The maximum Gasteiger partial charge on any atom is 0.242 e. The van der Waals surface area contributed by atoms with Crippen molar-refractivity contribution in [3.8, 4) is 0 Å². The molecule has 3 heteroatoms. The van der Waals surface area contributed by atoms with Crippen molar-refractivity contribution in [1.29, 1.82) is 0 Å². The fourth-order valence-corrected chi connectivity index (χ4v) is 2.35. The van der Waals surface area contributed by atoms with Crippen molar-refractivity contribution in [2.24, 2.45) is 17.6 Å². The summed E-state index contributed by atoms with van der Waals surface area (Å²) in [5.41, 5.74) is 5.13. The maximum atomic E-state index is 12.1. The average molecular weight is 212 g/mol. The summed E-state index contributed by atoms with van der Waals surface area (Å²) in [6.45, 7) is 11.0. The zero-order valence-corrected chi connectivity index (χ0v) is 10.6. The Morgan fingerprint density at radius 2 is 1.87 bits per heavy atom. The molecule has 2 N–H and O–H groups in total. The summed E-state index contributed by atoms with van der Waals surface area (Å²) < 4.78 is 0. The molecule has 1 fully saturated rings. The van der Waals surface area contributed by atoms with Crippen LogP contribution in [0.2, 0.25) is 0 Å². The second-order valence-electron chi connectivity index (χ2n) is 5.74. The van der Waals surface area contributed by atoms with Gasteiger partial charge in [0.25, 0.3) is 0 Å². The van der Waals surface area contributed by atoms with Gasteiger partial charge in [-0.3, -0.25) is 4.79 Å². The van der Waals surface area contributed by atoms with E-state index in [1.807, 2.05) is 4.90 Å². The van der Waals surface area contributed by atoms with E-state index in [2.05, 4.69) is 20.8 Å². The Bertz CT molecular complexity index is 244. The Balaban J connectivity index is 2.80. The van der Waals surface area contributed by atoms with Crippen LogP contribution in [0.1, 0.15) is 41.0 Å². The average Bonchev–Trinajstić information content (AvgIpc) is 2.08. The number of hydrogen-bond donors (Lipinski definition) is 1. The van der Waals surface area contributed by atoms with Gasteiger partial charge in [-0.05, 0) is 39.0 Å². The van der Waals surface area contributed by atoms with Crippen LogP contribution in [0.25, 0.3) is 0 Å². The largest absolute Gasteiger partial charge is 0.338 e. The van der Waals surface area contributed by atoms with Crippen molar-refractivity contribution in [2.45, 2.75) is 52.6 Å². The highest BCUT2D eigenvalue weighted by molar-refractivity contribution is 5.85. The van der Waals surface area contributed by atoms with Crippen molar-refractivity contribution in [3.63, 3.8) is 0 Å². The third-order valence-corrected chi connectivity index (χ3v) is 3.41. The van der Waals surface area contributed by atoms with E-state index in [0.29, 0.717) is 17.9 Å². The van der Waals surface area contributed by atoms with E-state index in [4.69, 9.17) is 5.73 Å². The first-order valence-electron chi connectivity index (χ1n) is 5.83. The molecule has 1 amide bonds. The fraction of sp³-hybridized carbons (Fsp3) is 0.917. The van der Waals surface area contributed by atoms with Gasteiger partial charge in [0.05, 0.1) is 5.54 Å². The van der Waals surface area contributed by atoms with E-state index in [9.17, 15) is 4.79 Å². The minimum absolute atomic E-state index is 0.0772. The zero-order valence-electron chi connectivity index (χ0n) is 10.6. The van der Waals surface area contributed by atoms with E-state index in [-0.39, 0.29) is 5.91 Å². The van der Waals surface area contributed by atoms with Crippen LogP contribution in [0.15, 0.2) is 0 Å². The highest BCUT2D eigenvalue weighted by Gasteiger charge is 2.36. The first kappa shape index (κ1) is 12.5. The second kappa shape index (κ2) is 4.12. The molecule has 0 spiro atoms. The Morgan fingerprint density at radius 1 is 1.33 bits per heavy atom. The number of amides is 1. The van der Waals surface area contributed by atoms with Crippen molar-refractivity contribution < 1.29 is 4.79 Å². The summed E-state index contributed by atoms with van der Waals surface area (Å²) in [4.78, 5) is 14.1. The lowest BCUT2D eigenvalue weighted by molar-refractivity contribution is -0.141. The number of nitrogens with zero attached hydrogens (tertiary/aromatic N) is 1. The van der Waals surface area contributed by atoms with Gasteiger partial charge in [-0.25, -0.2) is 0 Å². The number of carbonyl (C=O) groups excluding carboxylic acids is 1. The maximum absolute atomic E-state index is 12.1. The number of rotatable bonds is 1. The van der Waals surface area contributed by atoms with Crippen LogP contribution in [-0.4, -0.2) is 28.9 Å². The number of nitrogens with two attached hydrogens (primary N) is 1. The molecule has 3 atom stereocenters. The number of hydrogen-bond acceptors (Lipinski definition) is 2. The van der Waals surface area contributed by atoms with Gasteiger partial charge in [-0.15, -0.1) is 0 Å². The Hall–Kier alpha value is -0.570. The van der Waals surface area contributed by atoms with Crippen molar-refractivity contribution >= 4 is 5.91 Å². The highest BCUT2D eigenvalue weighted by atomic mass is 16.2. The number of likely N-dealkylation sites (tertiary alicyclic amines) is 1. The van der Waals surface area contributed by atoms with Gasteiger partial charge in [0.15, 0.2) is 0 Å². The number of carbonyl (C=O) groups is 1. The van der Waals surface area contributed by atoms with Crippen molar-refractivity contribution in [1.82, 2.24) is 4.90 Å². The van der Waals surface area contributed by atoms with Crippen LogP contribution in [0, 0.1) is 11.8 Å². The van der Waals surface area contributed by atoms with Crippen molar-refractivity contribution in [3.05, 3.63) is 0 Å². The Kier molecular flexibility index (Phi) is 3.44. The molecule has 0 bridgehead atoms. The van der Waals surface area contributed by atoms with E-state index in [1.54, 1.807) is 13.8 Å². The van der Waals surface area contributed by atoms with Gasteiger partial charge in [-0.2, -0.15) is 0 Å². The van der Waals surface area contributed by atoms with Crippen LogP contribution >= 0.6 is 0 Å². The van der Waals surface area contributed by atoms with Gasteiger partial charge in [-0.1, -0.05) is 13.8 Å². The smallest absolute Gasteiger partial charge is 0.242 e. The minimum atomic E-state index is -0.745. The molecule has 15 heavy (non-hydrogen) atoms. The Labute approximate surface area is 93.0 Å². The molecule has 3 nitrogen and oxygen atoms in total. The van der Waals surface area contributed by atoms with E-state index in [0.717, 1.165) is 6.54 Å². The minimum Gasteiger partial charge on any atom is -0.338 e. The zero-order chi connectivity index (χ0) is 11.8. The van der Waals surface area contributed by atoms with Gasteiger partial charge >= 0.3 is 0 Å². The first-order chi connectivity index (χ1) is 6.73. The highest BCUT2D eigenvalue weighted by Crippen LogP contribution is 2.28. The van der Waals surface area contributed by atoms with Crippen LogP contribution in [0.3, 0.4) is 0 Å². The van der Waals surface area contributed by atoms with Crippen LogP contribution in [0.4, 0.5) is 0 Å². The molecule has 0 radical (unpaired) electrons. The molecule has 0 aromatic carbocycles. The van der Waals surface area contributed by atoms with E-state index >= 15 is 0 Å². The fourth-order valence-electron chi connectivity index (χ4n) is 2.35. The normalized spacial score (nSPS) is 32.9. The van der Waals surface area contributed by atoms with E-state index < -0.39 is 5.54 Å². The van der Waals surface area contributed by atoms with Gasteiger partial charge in [0, 0.05) is 12.6 Å². The molecule has 0 saturated carbocycles. The predicted octanol–water partition coefficient (Wildman–Crippen LogP) is 1.62. The molecule has 0 aromatic rings. The molecule has 1 saturated heterocycles. The summed E-state index contributed by atoms with van der Waals surface area (Å²) >= 11 is 0. The molecule has 1 aliphatic heterocycles. The second-order valence-corrected chi connectivity index (χ2v) is 5.74. The van der Waals surface area contributed by atoms with Crippen LogP contribution in [-0.2, 0) is 4.79 Å². The third kappa shape index (κ3) is 2.71. The third-order valence-electron chi connectivity index (χ3n) is 3.41. The van der Waals surface area contributed by atoms with Crippen LogP contribution < -0.4 is 5.73 Å². The molecule has 88 valence electrons.